The van der Waals surface area contributed by atoms with Crippen molar-refractivity contribution in [1.29, 1.82) is 0 Å². The van der Waals surface area contributed by atoms with Crippen LogP contribution in [0.3, 0.4) is 0 Å². The van der Waals surface area contributed by atoms with E-state index in [1.807, 2.05) is 0 Å². The molecule has 0 atom stereocenters. The number of methoxy groups -OCH3 is 1. The van der Waals surface area contributed by atoms with Gasteiger partial charge in [-0.15, -0.1) is 0 Å². The molecule has 0 bridgehead atoms. The van der Waals surface area contributed by atoms with Gasteiger partial charge in [0, 0.05) is 24.5 Å². The molecule has 1 aromatic carbocycles. The van der Waals surface area contributed by atoms with Crippen LogP contribution >= 0.6 is 11.8 Å². The number of nitrogens with one attached hydrogen (secondary N) is 1. The standard InChI is InChI=1S/C15H12N4O4S/c1-22-11-5-3-10(4-6-11)19-13(14(21)23-18-19)12(20)9-24-15-16-7-2-8-17-15/h2-8H,9H2,1H3/p+1. The molecule has 0 amide bonds. The molecule has 1 N–H and O–H groups in total. The minimum Gasteiger partial charge on any atom is -0.497 e. The predicted molar refractivity (Wildman–Crippen MR) is 84.5 cm³/mol. The predicted octanol–water partition coefficient (Wildman–Crippen LogP) is 1.02. The average Bonchev–Trinajstić information content (AvgIpc) is 3.02. The molecule has 0 aliphatic rings. The number of ketones is 1. The zero-order valence-electron chi connectivity index (χ0n) is 12.6. The summed E-state index contributed by atoms with van der Waals surface area (Å²) in [7, 11) is 1.56. The van der Waals surface area contributed by atoms with Crippen molar-refractivity contribution in [2.75, 3.05) is 12.9 Å². The van der Waals surface area contributed by atoms with Gasteiger partial charge in [-0.05, 0) is 28.2 Å². The average molecular weight is 345 g/mol. The van der Waals surface area contributed by atoms with Gasteiger partial charge >= 0.3 is 11.3 Å². The van der Waals surface area contributed by atoms with Gasteiger partial charge in [0.05, 0.1) is 12.9 Å². The molecule has 0 radical (unpaired) electrons. The Labute approximate surface area is 140 Å². The van der Waals surface area contributed by atoms with Gasteiger partial charge in [-0.25, -0.2) is 14.8 Å². The van der Waals surface area contributed by atoms with Crippen molar-refractivity contribution >= 4 is 17.5 Å². The maximum atomic E-state index is 12.4. The molecule has 24 heavy (non-hydrogen) atoms. The molecular weight excluding hydrogens is 332 g/mol. The van der Waals surface area contributed by atoms with Crippen molar-refractivity contribution < 1.29 is 18.7 Å². The Morgan fingerprint density at radius 2 is 2.00 bits per heavy atom. The summed E-state index contributed by atoms with van der Waals surface area (Å²) in [6.45, 7) is 0. The zero-order valence-corrected chi connectivity index (χ0v) is 13.4. The second-order valence-electron chi connectivity index (χ2n) is 4.61. The fourth-order valence-electron chi connectivity index (χ4n) is 1.98. The first-order valence-electron chi connectivity index (χ1n) is 6.90. The van der Waals surface area contributed by atoms with Crippen LogP contribution in [0.1, 0.15) is 10.5 Å². The van der Waals surface area contributed by atoms with E-state index in [9.17, 15) is 9.59 Å². The lowest BCUT2D eigenvalue weighted by molar-refractivity contribution is -0.672. The van der Waals surface area contributed by atoms with E-state index in [4.69, 9.17) is 9.26 Å². The summed E-state index contributed by atoms with van der Waals surface area (Å²) in [4.78, 5) is 32.3. The lowest BCUT2D eigenvalue weighted by atomic mass is 10.2. The van der Waals surface area contributed by atoms with Crippen molar-refractivity contribution in [3.8, 4) is 11.4 Å². The van der Waals surface area contributed by atoms with Gasteiger partial charge < -0.3 is 4.74 Å². The van der Waals surface area contributed by atoms with Gasteiger partial charge in [-0.3, -0.25) is 9.32 Å². The number of carbonyl (C=O) groups is 1. The third-order valence-electron chi connectivity index (χ3n) is 3.12. The molecule has 9 heteroatoms. The van der Waals surface area contributed by atoms with Crippen LogP contribution in [0.4, 0.5) is 0 Å². The summed E-state index contributed by atoms with van der Waals surface area (Å²) >= 11 is 1.15. The molecule has 0 spiro atoms. The number of ether oxygens (including phenoxy) is 1. The monoisotopic (exact) mass is 345 g/mol. The number of aromatic nitrogens is 4. The highest BCUT2D eigenvalue weighted by atomic mass is 32.2. The van der Waals surface area contributed by atoms with Gasteiger partial charge in [0.2, 0.25) is 11.5 Å². The van der Waals surface area contributed by atoms with Crippen LogP contribution in [0.2, 0.25) is 0 Å². The van der Waals surface area contributed by atoms with Crippen LogP contribution in [0.25, 0.3) is 5.69 Å². The van der Waals surface area contributed by atoms with E-state index in [0.717, 1.165) is 11.8 Å². The summed E-state index contributed by atoms with van der Waals surface area (Å²) in [5.74, 6) is 0.288. The first-order valence-corrected chi connectivity index (χ1v) is 7.88. The Kier molecular flexibility index (Phi) is 4.71. The molecule has 0 aliphatic carbocycles. The van der Waals surface area contributed by atoms with Crippen molar-refractivity contribution in [2.24, 2.45) is 0 Å². The number of carbonyl (C=O) groups excluding carboxylic acids is 1. The summed E-state index contributed by atoms with van der Waals surface area (Å²) in [5.41, 5.74) is -0.250. The van der Waals surface area contributed by atoms with Gasteiger partial charge in [0.25, 0.3) is 0 Å². The molecule has 3 rings (SSSR count). The SMILES string of the molecule is COc1ccc(-[n+]2[nH]oc(=O)c2C(=O)CSc2ncccn2)cc1. The van der Waals surface area contributed by atoms with Gasteiger partial charge in [-0.2, -0.15) is 0 Å². The van der Waals surface area contributed by atoms with Crippen LogP contribution in [0, 0.1) is 0 Å². The quantitative estimate of drug-likeness (QED) is 0.308. The highest BCUT2D eigenvalue weighted by molar-refractivity contribution is 7.99. The molecule has 8 nitrogen and oxygen atoms in total. The number of hydrogen-bond acceptors (Lipinski definition) is 7. The second kappa shape index (κ2) is 7.09. The third kappa shape index (κ3) is 3.35. The van der Waals surface area contributed by atoms with E-state index < -0.39 is 11.4 Å². The summed E-state index contributed by atoms with van der Waals surface area (Å²) < 4.78 is 11.2. The molecule has 0 saturated carbocycles. The maximum Gasteiger partial charge on any atom is 0.438 e. The first-order chi connectivity index (χ1) is 11.7. The molecule has 0 aliphatic heterocycles. The highest BCUT2D eigenvalue weighted by Crippen LogP contribution is 2.13. The van der Waals surface area contributed by atoms with Gasteiger partial charge in [0.1, 0.15) is 5.75 Å². The van der Waals surface area contributed by atoms with E-state index >= 15 is 0 Å². The van der Waals surface area contributed by atoms with E-state index in [1.54, 1.807) is 49.8 Å². The number of aromatic amines is 1. The Balaban J connectivity index is 1.83. The van der Waals surface area contributed by atoms with Crippen molar-refractivity contribution in [2.45, 2.75) is 5.16 Å². The highest BCUT2D eigenvalue weighted by Gasteiger charge is 2.30. The summed E-state index contributed by atoms with van der Waals surface area (Å²) in [6, 6.07) is 8.52. The number of nitrogens with zero attached hydrogens (tertiary/aromatic N) is 3. The fourth-order valence-corrected chi connectivity index (χ4v) is 2.65. The Hall–Kier alpha value is -2.94. The van der Waals surface area contributed by atoms with Crippen LogP contribution in [0.5, 0.6) is 5.75 Å². The third-order valence-corrected chi connectivity index (χ3v) is 3.99. The summed E-state index contributed by atoms with van der Waals surface area (Å²) in [6.07, 6.45) is 3.17. The van der Waals surface area contributed by atoms with E-state index in [1.165, 1.54) is 4.68 Å². The largest absolute Gasteiger partial charge is 0.497 e. The number of benzene rings is 1. The van der Waals surface area contributed by atoms with E-state index in [2.05, 4.69) is 15.2 Å². The topological polar surface area (TPSA) is 102 Å². The lowest BCUT2D eigenvalue weighted by Crippen LogP contribution is -2.41. The van der Waals surface area contributed by atoms with Crippen LogP contribution in [-0.2, 0) is 0 Å². The molecule has 0 saturated heterocycles. The lowest BCUT2D eigenvalue weighted by Gasteiger charge is -1.98. The molecule has 0 unspecified atom stereocenters. The van der Waals surface area contributed by atoms with Crippen LogP contribution in [-0.4, -0.2) is 33.9 Å². The Bertz CT molecular complexity index is 890. The van der Waals surface area contributed by atoms with E-state index in [-0.39, 0.29) is 11.4 Å². The van der Waals surface area contributed by atoms with Crippen LogP contribution in [0.15, 0.2) is 57.2 Å². The Morgan fingerprint density at radius 1 is 1.29 bits per heavy atom. The first kappa shape index (κ1) is 15.9. The Morgan fingerprint density at radius 3 is 2.67 bits per heavy atom. The minimum atomic E-state index is -0.731. The number of rotatable bonds is 6. The van der Waals surface area contributed by atoms with Crippen molar-refractivity contribution in [3.05, 3.63) is 58.8 Å². The maximum absolute atomic E-state index is 12.4. The van der Waals surface area contributed by atoms with E-state index in [0.29, 0.717) is 16.6 Å². The number of thioether (sulfide) groups is 1. The second-order valence-corrected chi connectivity index (χ2v) is 5.55. The number of H-pyrrole nitrogens is 1. The van der Waals surface area contributed by atoms with Gasteiger partial charge in [-0.1, -0.05) is 11.8 Å². The summed E-state index contributed by atoms with van der Waals surface area (Å²) in [5, 5.41) is 2.89. The molecule has 2 aromatic heterocycles. The van der Waals surface area contributed by atoms with Crippen molar-refractivity contribution in [1.82, 2.24) is 15.2 Å². The smallest absolute Gasteiger partial charge is 0.438 e. The number of hydrogen-bond donors (Lipinski definition) is 1. The van der Waals surface area contributed by atoms with Gasteiger partial charge in [0.15, 0.2) is 5.16 Å². The zero-order chi connectivity index (χ0) is 16.9. The normalized spacial score (nSPS) is 10.5. The molecule has 0 fully saturated rings. The molecule has 3 aromatic rings. The van der Waals surface area contributed by atoms with Crippen LogP contribution < -0.4 is 15.0 Å². The fraction of sp³-hybridized carbons (Fsp3) is 0.133. The molecule has 2 heterocycles. The molecular formula is C15H13N4O4S+. The molecule has 122 valence electrons. The number of Topliss-reactive ketones (excluding diaryl/α,β-unsaturated/α-hetero) is 1. The van der Waals surface area contributed by atoms with Crippen molar-refractivity contribution in [3.63, 3.8) is 0 Å². The minimum absolute atomic E-state index is 0.0166.